The van der Waals surface area contributed by atoms with Gasteiger partial charge in [-0.1, -0.05) is 6.07 Å². The van der Waals surface area contributed by atoms with Crippen molar-refractivity contribution >= 4 is 32.6 Å². The number of H-pyrrole nitrogens is 1. The normalized spacial score (nSPS) is 12.1. The molecule has 86 valence electrons. The van der Waals surface area contributed by atoms with Crippen molar-refractivity contribution in [1.82, 2.24) is 9.97 Å². The van der Waals surface area contributed by atoms with Crippen molar-refractivity contribution in [2.24, 2.45) is 0 Å². The summed E-state index contributed by atoms with van der Waals surface area (Å²) in [5, 5.41) is 0. The molecule has 0 amide bonds. The Labute approximate surface area is 98.4 Å². The van der Waals surface area contributed by atoms with Crippen LogP contribution in [0.1, 0.15) is 5.82 Å². The van der Waals surface area contributed by atoms with Crippen molar-refractivity contribution in [3.63, 3.8) is 0 Å². The smallest absolute Gasteiger partial charge is 0.177 e. The molecule has 0 atom stereocenters. The van der Waals surface area contributed by atoms with E-state index in [0.29, 0.717) is 5.52 Å². The molecule has 4 nitrogen and oxygen atoms in total. The molecule has 1 heterocycles. The molecule has 6 heteroatoms. The maximum atomic E-state index is 11.6. The molecule has 16 heavy (non-hydrogen) atoms. The first-order chi connectivity index (χ1) is 7.52. The first-order valence-electron chi connectivity index (χ1n) is 4.69. The van der Waals surface area contributed by atoms with Gasteiger partial charge in [0.05, 0.1) is 16.2 Å². The standard InChI is InChI=1S/C10H12N2O2S2/c1-15-6-9-11-7-4-3-5-8(10(7)12-9)16(2,13)14/h3-5H,6H2,1-2H3,(H,11,12). The van der Waals surface area contributed by atoms with Gasteiger partial charge in [0.1, 0.15) is 11.3 Å². The van der Waals surface area contributed by atoms with E-state index in [1.165, 1.54) is 6.26 Å². The summed E-state index contributed by atoms with van der Waals surface area (Å²) >= 11 is 1.64. The highest BCUT2D eigenvalue weighted by molar-refractivity contribution is 7.97. The second kappa shape index (κ2) is 4.10. The van der Waals surface area contributed by atoms with Crippen LogP contribution < -0.4 is 0 Å². The van der Waals surface area contributed by atoms with Crippen LogP contribution in [0.2, 0.25) is 0 Å². The zero-order valence-electron chi connectivity index (χ0n) is 9.02. The number of sulfone groups is 1. The summed E-state index contributed by atoms with van der Waals surface area (Å²) in [6.07, 6.45) is 3.18. The number of hydrogen-bond acceptors (Lipinski definition) is 4. The average molecular weight is 256 g/mol. The van der Waals surface area contributed by atoms with Crippen LogP contribution in [0.4, 0.5) is 0 Å². The van der Waals surface area contributed by atoms with Gasteiger partial charge < -0.3 is 4.98 Å². The predicted octanol–water partition coefficient (Wildman–Crippen LogP) is 1.83. The van der Waals surface area contributed by atoms with E-state index >= 15 is 0 Å². The minimum atomic E-state index is -3.22. The monoisotopic (exact) mass is 256 g/mol. The van der Waals surface area contributed by atoms with E-state index in [1.54, 1.807) is 23.9 Å². The number of fused-ring (bicyclic) bond motifs is 1. The van der Waals surface area contributed by atoms with Crippen LogP contribution in [0.25, 0.3) is 11.0 Å². The zero-order chi connectivity index (χ0) is 11.8. The summed E-state index contributed by atoms with van der Waals surface area (Å²) in [5.41, 5.74) is 1.31. The summed E-state index contributed by atoms with van der Waals surface area (Å²) in [5.74, 6) is 1.55. The first kappa shape index (κ1) is 11.5. The number of imidazole rings is 1. The molecule has 0 aliphatic rings. The van der Waals surface area contributed by atoms with Crippen molar-refractivity contribution in [2.45, 2.75) is 10.6 Å². The van der Waals surface area contributed by atoms with E-state index in [0.717, 1.165) is 17.1 Å². The third-order valence-electron chi connectivity index (χ3n) is 2.21. The number of thioether (sulfide) groups is 1. The van der Waals surface area contributed by atoms with Gasteiger partial charge in [-0.3, -0.25) is 0 Å². The fourth-order valence-corrected chi connectivity index (χ4v) is 2.80. The quantitative estimate of drug-likeness (QED) is 0.910. The topological polar surface area (TPSA) is 62.8 Å². The highest BCUT2D eigenvalue weighted by Gasteiger charge is 2.14. The summed E-state index contributed by atoms with van der Waals surface area (Å²) in [6.45, 7) is 0. The molecule has 1 aromatic carbocycles. The molecule has 0 aliphatic heterocycles. The molecule has 2 aromatic rings. The number of benzene rings is 1. The molecule has 0 saturated heterocycles. The molecule has 1 N–H and O–H groups in total. The van der Waals surface area contributed by atoms with E-state index in [9.17, 15) is 8.42 Å². The van der Waals surface area contributed by atoms with Crippen molar-refractivity contribution < 1.29 is 8.42 Å². The lowest BCUT2D eigenvalue weighted by Gasteiger charge is -1.97. The van der Waals surface area contributed by atoms with E-state index in [-0.39, 0.29) is 4.90 Å². The number of nitrogens with one attached hydrogen (secondary N) is 1. The number of hydrogen-bond donors (Lipinski definition) is 1. The van der Waals surface area contributed by atoms with E-state index in [4.69, 9.17) is 0 Å². The van der Waals surface area contributed by atoms with Gasteiger partial charge in [0.25, 0.3) is 0 Å². The lowest BCUT2D eigenvalue weighted by molar-refractivity contribution is 0.602. The number of aromatic nitrogens is 2. The second-order valence-corrected chi connectivity index (χ2v) is 6.39. The highest BCUT2D eigenvalue weighted by Crippen LogP contribution is 2.21. The fraction of sp³-hybridized carbons (Fsp3) is 0.300. The van der Waals surface area contributed by atoms with Crippen molar-refractivity contribution in [3.8, 4) is 0 Å². The van der Waals surface area contributed by atoms with Crippen molar-refractivity contribution in [2.75, 3.05) is 12.5 Å². The van der Waals surface area contributed by atoms with Crippen LogP contribution in [0.5, 0.6) is 0 Å². The second-order valence-electron chi connectivity index (χ2n) is 3.54. The first-order valence-corrected chi connectivity index (χ1v) is 7.97. The van der Waals surface area contributed by atoms with Crippen LogP contribution >= 0.6 is 11.8 Å². The van der Waals surface area contributed by atoms with Crippen molar-refractivity contribution in [3.05, 3.63) is 24.0 Å². The Balaban J connectivity index is 2.68. The fourth-order valence-electron chi connectivity index (χ4n) is 1.56. The Morgan fingerprint density at radius 2 is 2.19 bits per heavy atom. The minimum Gasteiger partial charge on any atom is -0.341 e. The molecular weight excluding hydrogens is 244 g/mol. The van der Waals surface area contributed by atoms with Gasteiger partial charge in [0, 0.05) is 6.26 Å². The van der Waals surface area contributed by atoms with Crippen LogP contribution in [-0.2, 0) is 15.6 Å². The van der Waals surface area contributed by atoms with Gasteiger partial charge >= 0.3 is 0 Å². The lowest BCUT2D eigenvalue weighted by Crippen LogP contribution is -1.97. The molecular formula is C10H12N2O2S2. The summed E-state index contributed by atoms with van der Waals surface area (Å²) in [4.78, 5) is 7.71. The lowest BCUT2D eigenvalue weighted by atomic mass is 10.3. The Kier molecular flexibility index (Phi) is 2.94. The Morgan fingerprint density at radius 1 is 1.44 bits per heavy atom. The number of aromatic amines is 1. The molecule has 0 fully saturated rings. The molecule has 0 bridgehead atoms. The highest BCUT2D eigenvalue weighted by atomic mass is 32.2. The van der Waals surface area contributed by atoms with Gasteiger partial charge in [0.15, 0.2) is 9.84 Å². The zero-order valence-corrected chi connectivity index (χ0v) is 10.7. The SMILES string of the molecule is CSCc1nc2c(S(C)(=O)=O)cccc2[nH]1. The van der Waals surface area contributed by atoms with Crippen molar-refractivity contribution in [1.29, 1.82) is 0 Å². The van der Waals surface area contributed by atoms with E-state index < -0.39 is 9.84 Å². The maximum absolute atomic E-state index is 11.6. The van der Waals surface area contributed by atoms with E-state index in [1.807, 2.05) is 12.3 Å². The predicted molar refractivity (Wildman–Crippen MR) is 66.4 cm³/mol. The molecule has 2 rings (SSSR count). The van der Waals surface area contributed by atoms with Crippen LogP contribution in [0.3, 0.4) is 0 Å². The molecule has 0 aliphatic carbocycles. The number of rotatable bonds is 3. The van der Waals surface area contributed by atoms with Crippen LogP contribution in [0.15, 0.2) is 23.1 Å². The summed E-state index contributed by atoms with van der Waals surface area (Å²) in [6, 6.07) is 5.14. The minimum absolute atomic E-state index is 0.286. The van der Waals surface area contributed by atoms with Crippen LogP contribution in [0, 0.1) is 0 Å². The molecule has 0 spiro atoms. The van der Waals surface area contributed by atoms with Crippen LogP contribution in [-0.4, -0.2) is 30.9 Å². The Morgan fingerprint density at radius 3 is 2.81 bits per heavy atom. The van der Waals surface area contributed by atoms with Gasteiger partial charge in [-0.25, -0.2) is 13.4 Å². The molecule has 0 unspecified atom stereocenters. The van der Waals surface area contributed by atoms with Gasteiger partial charge in [-0.05, 0) is 18.4 Å². The molecule has 0 radical (unpaired) electrons. The summed E-state index contributed by atoms with van der Waals surface area (Å²) in [7, 11) is -3.22. The summed E-state index contributed by atoms with van der Waals surface area (Å²) < 4.78 is 23.1. The third-order valence-corrected chi connectivity index (χ3v) is 3.90. The largest absolute Gasteiger partial charge is 0.341 e. The third kappa shape index (κ3) is 2.08. The van der Waals surface area contributed by atoms with Gasteiger partial charge in [-0.2, -0.15) is 11.8 Å². The van der Waals surface area contributed by atoms with Gasteiger partial charge in [0.2, 0.25) is 0 Å². The molecule has 1 aromatic heterocycles. The molecule has 0 saturated carbocycles. The number of para-hydroxylation sites is 1. The average Bonchev–Trinajstić information content (AvgIpc) is 2.58. The Hall–Kier alpha value is -1.01. The number of nitrogens with zero attached hydrogens (tertiary/aromatic N) is 1. The Bertz CT molecular complexity index is 617. The van der Waals surface area contributed by atoms with Gasteiger partial charge in [-0.15, -0.1) is 0 Å². The maximum Gasteiger partial charge on any atom is 0.177 e. The van der Waals surface area contributed by atoms with E-state index in [2.05, 4.69) is 9.97 Å².